The molecule has 1 saturated heterocycles. The van der Waals surface area contributed by atoms with Crippen LogP contribution in [0, 0.1) is 11.7 Å². The second-order valence-corrected chi connectivity index (χ2v) is 7.19. The lowest BCUT2D eigenvalue weighted by Crippen LogP contribution is -2.27. The van der Waals surface area contributed by atoms with Crippen molar-refractivity contribution in [3.05, 3.63) is 84.1 Å². The van der Waals surface area contributed by atoms with E-state index in [0.717, 1.165) is 5.56 Å². The Labute approximate surface area is 173 Å². The molecular formula is C23H21FN2O4. The Balaban J connectivity index is 1.32. The maximum absolute atomic E-state index is 13.0. The van der Waals surface area contributed by atoms with Crippen molar-refractivity contribution in [1.29, 1.82) is 0 Å². The van der Waals surface area contributed by atoms with Gasteiger partial charge in [-0.2, -0.15) is 0 Å². The first-order chi connectivity index (χ1) is 14.6. The topological polar surface area (TPSA) is 71.8 Å². The number of benzene rings is 2. The average molecular weight is 408 g/mol. The van der Waals surface area contributed by atoms with Gasteiger partial charge in [-0.05, 0) is 42.0 Å². The van der Waals surface area contributed by atoms with Crippen LogP contribution in [0.25, 0.3) is 0 Å². The summed E-state index contributed by atoms with van der Waals surface area (Å²) in [7, 11) is 0. The van der Waals surface area contributed by atoms with Crippen molar-refractivity contribution >= 4 is 17.5 Å². The van der Waals surface area contributed by atoms with Gasteiger partial charge in [0.05, 0.1) is 18.7 Å². The van der Waals surface area contributed by atoms with Gasteiger partial charge in [-0.1, -0.05) is 18.2 Å². The molecule has 1 fully saturated rings. The molecule has 1 aromatic heterocycles. The summed E-state index contributed by atoms with van der Waals surface area (Å²) >= 11 is 0. The molecule has 1 aliphatic heterocycles. The molecule has 1 N–H and O–H groups in total. The van der Waals surface area contributed by atoms with Gasteiger partial charge in [-0.3, -0.25) is 9.59 Å². The maximum atomic E-state index is 13.0. The lowest BCUT2D eigenvalue weighted by atomic mass is 10.1. The Morgan fingerprint density at radius 2 is 2.00 bits per heavy atom. The number of nitrogens with zero attached hydrogens (tertiary/aromatic N) is 1. The summed E-state index contributed by atoms with van der Waals surface area (Å²) in [5, 5.41) is 2.86. The van der Waals surface area contributed by atoms with Crippen LogP contribution in [0.1, 0.15) is 17.7 Å². The first-order valence-corrected chi connectivity index (χ1v) is 9.65. The minimum absolute atomic E-state index is 0.0667. The minimum atomic E-state index is -0.420. The standard InChI is InChI=1S/C23H21FN2O4/c24-18-8-6-16(7-9-18)15-30-20-4-1-3-19(12-20)25-23(28)17-11-22(27)26(13-17)14-21-5-2-10-29-21/h1-10,12,17H,11,13-15H2,(H,25,28). The summed E-state index contributed by atoms with van der Waals surface area (Å²) in [5.41, 5.74) is 1.43. The van der Waals surface area contributed by atoms with Crippen molar-refractivity contribution < 1.29 is 23.1 Å². The van der Waals surface area contributed by atoms with E-state index in [1.807, 2.05) is 0 Å². The average Bonchev–Trinajstić information content (AvgIpc) is 3.38. The molecule has 3 aromatic rings. The summed E-state index contributed by atoms with van der Waals surface area (Å²) in [6, 6.07) is 16.7. The molecule has 2 amide bonds. The number of anilines is 1. The Morgan fingerprint density at radius 1 is 1.17 bits per heavy atom. The predicted molar refractivity (Wildman–Crippen MR) is 108 cm³/mol. The number of carbonyl (C=O) groups is 2. The van der Waals surface area contributed by atoms with E-state index in [0.29, 0.717) is 30.3 Å². The zero-order chi connectivity index (χ0) is 20.9. The number of hydrogen-bond acceptors (Lipinski definition) is 4. The van der Waals surface area contributed by atoms with E-state index in [9.17, 15) is 14.0 Å². The van der Waals surface area contributed by atoms with Crippen LogP contribution in [-0.4, -0.2) is 23.3 Å². The number of carbonyl (C=O) groups excluding carboxylic acids is 2. The SMILES string of the molecule is O=C(Nc1cccc(OCc2ccc(F)cc2)c1)C1CC(=O)N(Cc2ccco2)C1. The minimum Gasteiger partial charge on any atom is -0.489 e. The zero-order valence-corrected chi connectivity index (χ0v) is 16.2. The van der Waals surface area contributed by atoms with Gasteiger partial charge in [0.1, 0.15) is 23.9 Å². The van der Waals surface area contributed by atoms with E-state index in [-0.39, 0.29) is 30.7 Å². The molecule has 1 unspecified atom stereocenters. The fourth-order valence-electron chi connectivity index (χ4n) is 3.35. The van der Waals surface area contributed by atoms with Gasteiger partial charge in [0.2, 0.25) is 11.8 Å². The van der Waals surface area contributed by atoms with Gasteiger partial charge in [-0.25, -0.2) is 4.39 Å². The molecule has 0 bridgehead atoms. The zero-order valence-electron chi connectivity index (χ0n) is 16.2. The molecule has 30 heavy (non-hydrogen) atoms. The normalized spacial score (nSPS) is 16.0. The monoisotopic (exact) mass is 408 g/mol. The Bertz CT molecular complexity index is 1020. The van der Waals surface area contributed by atoms with Gasteiger partial charge in [0.15, 0.2) is 0 Å². The number of halogens is 1. The fourth-order valence-corrected chi connectivity index (χ4v) is 3.35. The van der Waals surface area contributed by atoms with Crippen molar-refractivity contribution in [2.24, 2.45) is 5.92 Å². The van der Waals surface area contributed by atoms with Crippen LogP contribution >= 0.6 is 0 Å². The Kier molecular flexibility index (Phi) is 5.79. The predicted octanol–water partition coefficient (Wildman–Crippen LogP) is 3.98. The molecule has 0 aliphatic carbocycles. The number of amides is 2. The van der Waals surface area contributed by atoms with Crippen LogP contribution in [-0.2, 0) is 22.7 Å². The van der Waals surface area contributed by atoms with Crippen LogP contribution < -0.4 is 10.1 Å². The molecular weight excluding hydrogens is 387 g/mol. The second kappa shape index (κ2) is 8.82. The molecule has 0 radical (unpaired) electrons. The van der Waals surface area contributed by atoms with Crippen LogP contribution in [0.3, 0.4) is 0 Å². The Hall–Kier alpha value is -3.61. The van der Waals surface area contributed by atoms with E-state index < -0.39 is 5.92 Å². The highest BCUT2D eigenvalue weighted by atomic mass is 19.1. The molecule has 6 nitrogen and oxygen atoms in total. The van der Waals surface area contributed by atoms with Crippen molar-refractivity contribution in [3.63, 3.8) is 0 Å². The van der Waals surface area contributed by atoms with Crippen LogP contribution in [0.5, 0.6) is 5.75 Å². The third kappa shape index (κ3) is 4.86. The molecule has 2 heterocycles. The van der Waals surface area contributed by atoms with E-state index in [2.05, 4.69) is 5.32 Å². The summed E-state index contributed by atoms with van der Waals surface area (Å²) in [6.45, 7) is 1.00. The largest absolute Gasteiger partial charge is 0.489 e. The second-order valence-electron chi connectivity index (χ2n) is 7.19. The van der Waals surface area contributed by atoms with Crippen molar-refractivity contribution in [3.8, 4) is 5.75 Å². The van der Waals surface area contributed by atoms with Crippen molar-refractivity contribution in [1.82, 2.24) is 4.90 Å². The van der Waals surface area contributed by atoms with E-state index in [1.165, 1.54) is 12.1 Å². The summed E-state index contributed by atoms with van der Waals surface area (Å²) < 4.78 is 24.0. The van der Waals surface area contributed by atoms with Gasteiger partial charge >= 0.3 is 0 Å². The van der Waals surface area contributed by atoms with Crippen LogP contribution in [0.4, 0.5) is 10.1 Å². The fraction of sp³-hybridized carbons (Fsp3) is 0.217. The van der Waals surface area contributed by atoms with E-state index in [4.69, 9.17) is 9.15 Å². The number of furan rings is 1. The highest BCUT2D eigenvalue weighted by Crippen LogP contribution is 2.24. The lowest BCUT2D eigenvalue weighted by Gasteiger charge is -2.15. The van der Waals surface area contributed by atoms with E-state index >= 15 is 0 Å². The first kappa shape index (κ1) is 19.7. The van der Waals surface area contributed by atoms with Crippen molar-refractivity contribution in [2.45, 2.75) is 19.6 Å². The van der Waals surface area contributed by atoms with Gasteiger partial charge in [0.25, 0.3) is 0 Å². The Morgan fingerprint density at radius 3 is 2.77 bits per heavy atom. The number of nitrogens with one attached hydrogen (secondary N) is 1. The lowest BCUT2D eigenvalue weighted by molar-refractivity contribution is -0.128. The summed E-state index contributed by atoms with van der Waals surface area (Å²) in [5.74, 6) is 0.284. The smallest absolute Gasteiger partial charge is 0.229 e. The third-order valence-corrected chi connectivity index (χ3v) is 4.93. The number of rotatable bonds is 7. The number of hydrogen-bond donors (Lipinski definition) is 1. The molecule has 1 aliphatic rings. The van der Waals surface area contributed by atoms with Gasteiger partial charge < -0.3 is 19.4 Å². The maximum Gasteiger partial charge on any atom is 0.229 e. The highest BCUT2D eigenvalue weighted by molar-refractivity contribution is 5.97. The van der Waals surface area contributed by atoms with Crippen LogP contribution in [0.15, 0.2) is 71.3 Å². The first-order valence-electron chi connectivity index (χ1n) is 9.65. The van der Waals surface area contributed by atoms with Crippen molar-refractivity contribution in [2.75, 3.05) is 11.9 Å². The summed E-state index contributed by atoms with van der Waals surface area (Å²) in [4.78, 5) is 26.5. The number of ether oxygens (including phenoxy) is 1. The highest BCUT2D eigenvalue weighted by Gasteiger charge is 2.34. The molecule has 0 spiro atoms. The summed E-state index contributed by atoms with van der Waals surface area (Å²) in [6.07, 6.45) is 1.73. The quantitative estimate of drug-likeness (QED) is 0.642. The van der Waals surface area contributed by atoms with E-state index in [1.54, 1.807) is 59.7 Å². The molecule has 7 heteroatoms. The molecule has 4 rings (SSSR count). The molecule has 2 aromatic carbocycles. The molecule has 0 saturated carbocycles. The molecule has 154 valence electrons. The van der Waals surface area contributed by atoms with Gasteiger partial charge in [-0.15, -0.1) is 0 Å². The van der Waals surface area contributed by atoms with Crippen LogP contribution in [0.2, 0.25) is 0 Å². The number of likely N-dealkylation sites (tertiary alicyclic amines) is 1. The van der Waals surface area contributed by atoms with Gasteiger partial charge in [0, 0.05) is 24.7 Å². The third-order valence-electron chi connectivity index (χ3n) is 4.93. The molecule has 1 atom stereocenters.